The van der Waals surface area contributed by atoms with Crippen molar-refractivity contribution >= 4 is 0 Å². The second-order valence-corrected chi connectivity index (χ2v) is 1.97. The van der Waals surface area contributed by atoms with Crippen molar-refractivity contribution in [3.05, 3.63) is 12.2 Å². The van der Waals surface area contributed by atoms with Crippen LogP contribution in [0.2, 0.25) is 0 Å². The maximum absolute atomic E-state index is 11.4. The monoisotopic (exact) mass is 116 g/mol. The van der Waals surface area contributed by atoms with Crippen LogP contribution in [0.3, 0.4) is 0 Å². The molecule has 0 fully saturated rings. The Kier molecular flexibility index (Phi) is 4.62. The highest BCUT2D eigenvalue weighted by Crippen LogP contribution is 2.00. The zero-order valence-corrected chi connectivity index (χ0v) is 5.52. The minimum atomic E-state index is -0.329. The van der Waals surface area contributed by atoms with Gasteiger partial charge in [0.15, 0.2) is 0 Å². The van der Waals surface area contributed by atoms with Crippen molar-refractivity contribution in [1.82, 2.24) is 0 Å². The molecule has 0 heterocycles. The molecule has 0 bridgehead atoms. The molecule has 0 radical (unpaired) electrons. The van der Waals surface area contributed by atoms with Crippen molar-refractivity contribution in [3.8, 4) is 0 Å². The summed E-state index contributed by atoms with van der Waals surface area (Å²) in [6.45, 7) is 3.84. The number of hydrogen-bond acceptors (Lipinski definition) is 0. The van der Waals surface area contributed by atoms with Gasteiger partial charge in [0.2, 0.25) is 0 Å². The van der Waals surface area contributed by atoms with E-state index in [1.54, 1.807) is 6.08 Å². The molecule has 8 heavy (non-hydrogen) atoms. The molecule has 1 atom stereocenters. The first kappa shape index (κ1) is 7.67. The Bertz CT molecular complexity index is 66.8. The highest BCUT2D eigenvalue weighted by atomic mass is 19.1. The van der Waals surface area contributed by atoms with Crippen molar-refractivity contribution in [1.29, 1.82) is 0 Å². The van der Waals surface area contributed by atoms with Gasteiger partial charge in [-0.05, 0) is 5.92 Å². The molecule has 48 valence electrons. The first-order valence-electron chi connectivity index (χ1n) is 3.03. The number of allylic oxidation sites excluding steroid dienone is 2. The van der Waals surface area contributed by atoms with E-state index in [2.05, 4.69) is 13.8 Å². The van der Waals surface area contributed by atoms with Crippen molar-refractivity contribution in [3.63, 3.8) is 0 Å². The van der Waals surface area contributed by atoms with Crippen molar-refractivity contribution < 1.29 is 4.39 Å². The van der Waals surface area contributed by atoms with Crippen molar-refractivity contribution in [2.75, 3.05) is 6.67 Å². The van der Waals surface area contributed by atoms with Gasteiger partial charge < -0.3 is 0 Å². The number of alkyl halides is 1. The first-order valence-corrected chi connectivity index (χ1v) is 3.03. The third-order valence-corrected chi connectivity index (χ3v) is 1.20. The zero-order chi connectivity index (χ0) is 6.41. The molecule has 1 heteroatoms. The van der Waals surface area contributed by atoms with E-state index in [9.17, 15) is 4.39 Å². The summed E-state index contributed by atoms with van der Waals surface area (Å²) >= 11 is 0. The summed E-state index contributed by atoms with van der Waals surface area (Å²) in [6.07, 6.45) is 4.56. The van der Waals surface area contributed by atoms with Gasteiger partial charge in [0.1, 0.15) is 6.67 Å². The molecule has 0 spiro atoms. The average Bonchev–Trinajstić information content (AvgIpc) is 1.83. The van der Waals surface area contributed by atoms with E-state index in [1.165, 1.54) is 0 Å². The van der Waals surface area contributed by atoms with Crippen LogP contribution in [0.25, 0.3) is 0 Å². The van der Waals surface area contributed by atoms with Gasteiger partial charge in [-0.25, -0.2) is 4.39 Å². The summed E-state index contributed by atoms with van der Waals surface area (Å²) in [5.41, 5.74) is 0. The summed E-state index contributed by atoms with van der Waals surface area (Å²) < 4.78 is 11.4. The summed E-state index contributed by atoms with van der Waals surface area (Å²) in [5.74, 6) is 0.533. The molecular weight excluding hydrogens is 103 g/mol. The Morgan fingerprint density at radius 3 is 2.62 bits per heavy atom. The molecule has 0 amide bonds. The third kappa shape index (κ3) is 3.85. The van der Waals surface area contributed by atoms with Gasteiger partial charge in [-0.3, -0.25) is 0 Å². The molecule has 0 aromatic carbocycles. The van der Waals surface area contributed by atoms with Gasteiger partial charge in [-0.1, -0.05) is 32.4 Å². The van der Waals surface area contributed by atoms with E-state index in [0.717, 1.165) is 6.42 Å². The second kappa shape index (κ2) is 4.82. The van der Waals surface area contributed by atoms with Crippen LogP contribution in [-0.4, -0.2) is 6.67 Å². The van der Waals surface area contributed by atoms with Crippen LogP contribution in [0.15, 0.2) is 12.2 Å². The fourth-order valence-electron chi connectivity index (χ4n) is 0.420. The van der Waals surface area contributed by atoms with E-state index in [-0.39, 0.29) is 6.67 Å². The van der Waals surface area contributed by atoms with E-state index in [0.29, 0.717) is 5.92 Å². The quantitative estimate of drug-likeness (QED) is 0.497. The number of hydrogen-bond donors (Lipinski definition) is 0. The molecule has 0 N–H and O–H groups in total. The van der Waals surface area contributed by atoms with Gasteiger partial charge in [-0.2, -0.15) is 0 Å². The number of rotatable bonds is 3. The van der Waals surface area contributed by atoms with Crippen molar-refractivity contribution in [2.24, 2.45) is 5.92 Å². The summed E-state index contributed by atoms with van der Waals surface area (Å²) in [5, 5.41) is 0. The van der Waals surface area contributed by atoms with Gasteiger partial charge in [0.25, 0.3) is 0 Å². The van der Waals surface area contributed by atoms with Crippen molar-refractivity contribution in [2.45, 2.75) is 20.3 Å². The predicted octanol–water partition coefficient (Wildman–Crippen LogP) is 2.56. The lowest BCUT2D eigenvalue weighted by molar-refractivity contribution is 0.557. The molecule has 0 saturated carbocycles. The molecule has 0 aromatic heterocycles. The molecule has 0 saturated heterocycles. The topological polar surface area (TPSA) is 0 Å². The highest BCUT2D eigenvalue weighted by molar-refractivity contribution is 4.84. The van der Waals surface area contributed by atoms with E-state index >= 15 is 0 Å². The predicted molar refractivity (Wildman–Crippen MR) is 34.6 cm³/mol. The Morgan fingerprint density at radius 1 is 1.62 bits per heavy atom. The molecule has 0 nitrogen and oxygen atoms in total. The van der Waals surface area contributed by atoms with Gasteiger partial charge in [-0.15, -0.1) is 0 Å². The van der Waals surface area contributed by atoms with Crippen LogP contribution in [-0.2, 0) is 0 Å². The Hall–Kier alpha value is -0.330. The van der Waals surface area contributed by atoms with Gasteiger partial charge in [0, 0.05) is 0 Å². The lowest BCUT2D eigenvalue weighted by atomic mass is 10.1. The van der Waals surface area contributed by atoms with Crippen LogP contribution >= 0.6 is 0 Å². The fraction of sp³-hybridized carbons (Fsp3) is 0.714. The Morgan fingerprint density at radius 2 is 2.25 bits per heavy atom. The molecule has 0 rings (SSSR count). The molecule has 0 aliphatic carbocycles. The summed E-state index contributed by atoms with van der Waals surface area (Å²) in [7, 11) is 0. The van der Waals surface area contributed by atoms with E-state index in [4.69, 9.17) is 0 Å². The lowest BCUT2D eigenvalue weighted by Gasteiger charge is -1.96. The fourth-order valence-corrected chi connectivity index (χ4v) is 0.420. The summed E-state index contributed by atoms with van der Waals surface area (Å²) in [4.78, 5) is 0. The second-order valence-electron chi connectivity index (χ2n) is 1.97. The third-order valence-electron chi connectivity index (χ3n) is 1.20. The standard InChI is InChI=1S/C7H13F/c1-3-7(2)5-4-6-8/h4-5,7H,3,6H2,1-2H3/b5-4-. The lowest BCUT2D eigenvalue weighted by Crippen LogP contribution is -1.83. The van der Waals surface area contributed by atoms with Crippen LogP contribution < -0.4 is 0 Å². The summed E-state index contributed by atoms with van der Waals surface area (Å²) in [6, 6.07) is 0. The van der Waals surface area contributed by atoms with Crippen LogP contribution in [0.1, 0.15) is 20.3 Å². The Labute approximate surface area is 50.4 Å². The highest BCUT2D eigenvalue weighted by Gasteiger charge is 1.87. The number of halogens is 1. The molecule has 1 unspecified atom stereocenters. The smallest absolute Gasteiger partial charge is 0.108 e. The van der Waals surface area contributed by atoms with Crippen LogP contribution in [0, 0.1) is 5.92 Å². The molecule has 0 aliphatic heterocycles. The molecular formula is C7H13F. The van der Waals surface area contributed by atoms with Crippen LogP contribution in [0.4, 0.5) is 4.39 Å². The van der Waals surface area contributed by atoms with E-state index in [1.807, 2.05) is 6.08 Å². The Balaban J connectivity index is 3.21. The van der Waals surface area contributed by atoms with Gasteiger partial charge in [0.05, 0.1) is 0 Å². The SMILES string of the molecule is CCC(C)/C=C\CF. The largest absolute Gasteiger partial charge is 0.247 e. The maximum atomic E-state index is 11.4. The average molecular weight is 116 g/mol. The maximum Gasteiger partial charge on any atom is 0.108 e. The van der Waals surface area contributed by atoms with E-state index < -0.39 is 0 Å². The van der Waals surface area contributed by atoms with Gasteiger partial charge >= 0.3 is 0 Å². The zero-order valence-electron chi connectivity index (χ0n) is 5.52. The van der Waals surface area contributed by atoms with Crippen LogP contribution in [0.5, 0.6) is 0 Å². The minimum Gasteiger partial charge on any atom is -0.247 e. The minimum absolute atomic E-state index is 0.329. The molecule has 0 aromatic rings. The first-order chi connectivity index (χ1) is 3.81. The molecule has 0 aliphatic rings. The normalized spacial score (nSPS) is 14.9.